The standard InChI is InChI=1S/C36H38N2O8/c1-41-28-11-8-25-18-31(28)45-27-9-5-23(6-10-27)21-34(39)38-16-14-26-19-32(43-3)36(44-4)33(20-26)46-29-12-7-24(17-30(29)42-2)13-15-37-35(40)22-25/h5-12,17-20H,13-16,21-22H2,1-4H3,(H,37,40)(H,38,39). The van der Waals surface area contributed by atoms with Gasteiger partial charge in [-0.1, -0.05) is 24.3 Å². The molecule has 0 radical (unpaired) electrons. The summed E-state index contributed by atoms with van der Waals surface area (Å²) in [5.41, 5.74) is 3.47. The first kappa shape index (κ1) is 32.0. The second-order valence-electron chi connectivity index (χ2n) is 10.7. The number of carbonyl (C=O) groups is 2. The lowest BCUT2D eigenvalue weighted by Gasteiger charge is -2.18. The summed E-state index contributed by atoms with van der Waals surface area (Å²) in [4.78, 5) is 25.6. The molecule has 46 heavy (non-hydrogen) atoms. The van der Waals surface area contributed by atoms with E-state index in [9.17, 15) is 9.59 Å². The lowest BCUT2D eigenvalue weighted by Crippen LogP contribution is -2.27. The molecule has 4 aromatic rings. The van der Waals surface area contributed by atoms with E-state index in [4.69, 9.17) is 28.4 Å². The minimum absolute atomic E-state index is 0.107. The van der Waals surface area contributed by atoms with Crippen molar-refractivity contribution in [1.82, 2.24) is 10.6 Å². The van der Waals surface area contributed by atoms with Gasteiger partial charge in [0.05, 0.1) is 41.3 Å². The first-order chi connectivity index (χ1) is 22.4. The third-order valence-electron chi connectivity index (χ3n) is 7.53. The molecule has 8 rings (SSSR count). The minimum Gasteiger partial charge on any atom is -0.493 e. The normalized spacial score (nSPS) is 13.9. The molecule has 0 unspecified atom stereocenters. The molecule has 0 saturated heterocycles. The Balaban J connectivity index is 1.43. The number of benzene rings is 4. The van der Waals surface area contributed by atoms with Crippen LogP contribution in [0.3, 0.4) is 0 Å². The quantitative estimate of drug-likeness (QED) is 0.309. The first-order valence-corrected chi connectivity index (χ1v) is 15.0. The van der Waals surface area contributed by atoms with Crippen LogP contribution >= 0.6 is 0 Å². The summed E-state index contributed by atoms with van der Waals surface area (Å²) >= 11 is 0. The Hall–Kier alpha value is -5.38. The third-order valence-corrected chi connectivity index (χ3v) is 7.53. The van der Waals surface area contributed by atoms with Crippen molar-refractivity contribution in [3.05, 3.63) is 95.1 Å². The highest BCUT2D eigenvalue weighted by atomic mass is 16.5. The van der Waals surface area contributed by atoms with Gasteiger partial charge in [-0.05, 0) is 83.6 Å². The van der Waals surface area contributed by atoms with E-state index in [0.717, 1.165) is 22.3 Å². The smallest absolute Gasteiger partial charge is 0.224 e. The van der Waals surface area contributed by atoms with Crippen LogP contribution in [0, 0.1) is 0 Å². The predicted molar refractivity (Wildman–Crippen MR) is 173 cm³/mol. The van der Waals surface area contributed by atoms with E-state index in [1.165, 1.54) is 0 Å². The Morgan fingerprint density at radius 3 is 1.78 bits per heavy atom. The molecule has 0 saturated carbocycles. The number of carbonyl (C=O) groups excluding carboxylic acids is 2. The van der Waals surface area contributed by atoms with Crippen LogP contribution in [-0.4, -0.2) is 53.3 Å². The SMILES string of the molecule is COc1ccc2cc1Oc1ccc(cc1)CC(=O)NCCc1cc(OC)c(OC)c(c1)Oc1ccc(cc1OC)CCNC(=O)C2. The molecule has 8 bridgehead atoms. The minimum atomic E-state index is -0.118. The molecular weight excluding hydrogens is 588 g/mol. The molecule has 0 atom stereocenters. The number of rotatable bonds is 4. The summed E-state index contributed by atoms with van der Waals surface area (Å²) in [6.07, 6.45) is 1.52. The molecule has 10 nitrogen and oxygen atoms in total. The predicted octanol–water partition coefficient (Wildman–Crippen LogP) is 5.42. The van der Waals surface area contributed by atoms with Crippen molar-refractivity contribution < 1.29 is 38.0 Å². The second-order valence-corrected chi connectivity index (χ2v) is 10.7. The van der Waals surface area contributed by atoms with E-state index >= 15 is 0 Å². The molecule has 0 aliphatic carbocycles. The summed E-state index contributed by atoms with van der Waals surface area (Å²) in [5, 5.41) is 5.98. The van der Waals surface area contributed by atoms with Crippen molar-refractivity contribution in [1.29, 1.82) is 0 Å². The summed E-state index contributed by atoms with van der Waals surface area (Å²) in [7, 11) is 6.25. The van der Waals surface area contributed by atoms with Crippen LogP contribution in [0.4, 0.5) is 0 Å². The maximum absolute atomic E-state index is 12.8. The van der Waals surface area contributed by atoms with Gasteiger partial charge < -0.3 is 39.1 Å². The van der Waals surface area contributed by atoms with Crippen LogP contribution < -0.4 is 39.1 Å². The van der Waals surface area contributed by atoms with Gasteiger partial charge in [0.15, 0.2) is 34.5 Å². The maximum Gasteiger partial charge on any atom is 0.224 e. The van der Waals surface area contributed by atoms with Crippen molar-refractivity contribution >= 4 is 11.8 Å². The van der Waals surface area contributed by atoms with Crippen LogP contribution in [0.25, 0.3) is 0 Å². The zero-order chi connectivity index (χ0) is 32.5. The average Bonchev–Trinajstić information content (AvgIpc) is 3.05. The fourth-order valence-electron chi connectivity index (χ4n) is 5.18. The largest absolute Gasteiger partial charge is 0.493 e. The number of ether oxygens (including phenoxy) is 6. The van der Waals surface area contributed by atoms with E-state index in [-0.39, 0.29) is 24.7 Å². The summed E-state index contributed by atoms with van der Waals surface area (Å²) < 4.78 is 34.8. The molecule has 4 aliphatic rings. The van der Waals surface area contributed by atoms with Crippen LogP contribution in [0.15, 0.2) is 72.8 Å². The Bertz CT molecular complexity index is 1690. The van der Waals surface area contributed by atoms with E-state index in [1.54, 1.807) is 52.7 Å². The number of methoxy groups -OCH3 is 4. The second kappa shape index (κ2) is 15.1. The van der Waals surface area contributed by atoms with E-state index < -0.39 is 0 Å². The molecule has 4 aromatic carbocycles. The highest BCUT2D eigenvalue weighted by Gasteiger charge is 2.18. The zero-order valence-electron chi connectivity index (χ0n) is 26.4. The number of amides is 2. The monoisotopic (exact) mass is 626 g/mol. The Morgan fingerprint density at radius 2 is 1.11 bits per heavy atom. The van der Waals surface area contributed by atoms with Gasteiger partial charge in [-0.15, -0.1) is 0 Å². The van der Waals surface area contributed by atoms with Gasteiger partial charge >= 0.3 is 0 Å². The number of nitrogens with one attached hydrogen (secondary N) is 2. The summed E-state index contributed by atoms with van der Waals surface area (Å²) in [6, 6.07) is 22.1. The molecule has 0 aromatic heterocycles. The van der Waals surface area contributed by atoms with Crippen LogP contribution in [0.5, 0.6) is 46.0 Å². The third kappa shape index (κ3) is 8.01. The first-order valence-electron chi connectivity index (χ1n) is 15.0. The van der Waals surface area contributed by atoms with Crippen LogP contribution in [0.1, 0.15) is 22.3 Å². The fourth-order valence-corrected chi connectivity index (χ4v) is 5.18. The van der Waals surface area contributed by atoms with Gasteiger partial charge in [-0.3, -0.25) is 9.59 Å². The average molecular weight is 627 g/mol. The fraction of sp³-hybridized carbons (Fsp3) is 0.278. The maximum atomic E-state index is 12.8. The lowest BCUT2D eigenvalue weighted by atomic mass is 10.1. The molecule has 0 spiro atoms. The van der Waals surface area contributed by atoms with Crippen molar-refractivity contribution in [3.8, 4) is 46.0 Å². The Morgan fingerprint density at radius 1 is 0.522 bits per heavy atom. The number of hydrogen-bond donors (Lipinski definition) is 2. The molecule has 4 heterocycles. The van der Waals surface area contributed by atoms with E-state index in [2.05, 4.69) is 10.6 Å². The highest BCUT2D eigenvalue weighted by molar-refractivity contribution is 5.79. The lowest BCUT2D eigenvalue weighted by molar-refractivity contribution is -0.121. The summed E-state index contributed by atoms with van der Waals surface area (Å²) in [5.74, 6) is 3.81. The molecule has 2 amide bonds. The molecule has 10 heteroatoms. The molecule has 0 fully saturated rings. The van der Waals surface area contributed by atoms with E-state index in [0.29, 0.717) is 71.9 Å². The topological polar surface area (TPSA) is 114 Å². The Kier molecular flexibility index (Phi) is 10.5. The van der Waals surface area contributed by atoms with Crippen molar-refractivity contribution in [2.75, 3.05) is 41.5 Å². The van der Waals surface area contributed by atoms with Gasteiger partial charge in [0.1, 0.15) is 5.75 Å². The van der Waals surface area contributed by atoms with Crippen LogP contribution in [-0.2, 0) is 35.3 Å². The highest BCUT2D eigenvalue weighted by Crippen LogP contribution is 2.43. The van der Waals surface area contributed by atoms with Gasteiger partial charge in [-0.2, -0.15) is 0 Å². The van der Waals surface area contributed by atoms with Crippen molar-refractivity contribution in [2.45, 2.75) is 25.7 Å². The summed E-state index contributed by atoms with van der Waals surface area (Å²) in [6.45, 7) is 0.858. The van der Waals surface area contributed by atoms with E-state index in [1.807, 2.05) is 48.5 Å². The van der Waals surface area contributed by atoms with Gasteiger partial charge in [0.25, 0.3) is 0 Å². The van der Waals surface area contributed by atoms with Crippen LogP contribution in [0.2, 0.25) is 0 Å². The zero-order valence-corrected chi connectivity index (χ0v) is 26.4. The van der Waals surface area contributed by atoms with Crippen molar-refractivity contribution in [2.24, 2.45) is 0 Å². The Labute approximate surface area is 268 Å². The molecule has 2 N–H and O–H groups in total. The van der Waals surface area contributed by atoms with Gasteiger partial charge in [-0.25, -0.2) is 0 Å². The van der Waals surface area contributed by atoms with Gasteiger partial charge in [0, 0.05) is 13.1 Å². The van der Waals surface area contributed by atoms with Crippen molar-refractivity contribution in [3.63, 3.8) is 0 Å². The molecule has 4 aliphatic heterocycles. The number of hydrogen-bond acceptors (Lipinski definition) is 8. The molecular formula is C36H38N2O8. The molecule has 240 valence electrons. The van der Waals surface area contributed by atoms with Gasteiger partial charge in [0.2, 0.25) is 17.6 Å².